The smallest absolute Gasteiger partial charge is 0.329 e. The fraction of sp³-hybridized carbons (Fsp3) is 0.167. The lowest BCUT2D eigenvalue weighted by Gasteiger charge is -2.05. The summed E-state index contributed by atoms with van der Waals surface area (Å²) < 4.78 is 10.5. The first-order valence-electron chi connectivity index (χ1n) is 5.43. The minimum atomic E-state index is -0.0119. The van der Waals surface area contributed by atoms with Crippen LogP contribution in [0.25, 0.3) is 0 Å². The number of hydrogen-bond donors (Lipinski definition) is 0. The highest BCUT2D eigenvalue weighted by atomic mass is 35.5. The van der Waals surface area contributed by atoms with Crippen LogP contribution < -0.4 is 9.47 Å². The molecule has 0 saturated carbocycles. The molecule has 96 valence electrons. The van der Waals surface area contributed by atoms with Gasteiger partial charge in [-0.1, -0.05) is 0 Å². The quantitative estimate of drug-likeness (QED) is 0.854. The molecule has 0 aliphatic rings. The zero-order valence-corrected chi connectivity index (χ0v) is 10.8. The maximum absolute atomic E-state index is 8.69. The maximum atomic E-state index is 8.69. The van der Waals surface area contributed by atoms with E-state index in [2.05, 4.69) is 15.0 Å². The van der Waals surface area contributed by atoms with Gasteiger partial charge in [0.05, 0.1) is 18.2 Å². The molecular weight excluding hydrogens is 268 g/mol. The minimum Gasteiger partial charge on any atom is -0.464 e. The summed E-state index contributed by atoms with van der Waals surface area (Å²) in [6, 6.07) is 8.68. The fourth-order valence-electron chi connectivity index (χ4n) is 1.26. The van der Waals surface area contributed by atoms with Gasteiger partial charge in [-0.3, -0.25) is 0 Å². The Morgan fingerprint density at radius 3 is 2.47 bits per heavy atom. The van der Waals surface area contributed by atoms with Gasteiger partial charge in [0.1, 0.15) is 5.75 Å². The maximum Gasteiger partial charge on any atom is 0.329 e. The summed E-state index contributed by atoms with van der Waals surface area (Å²) in [6.07, 6.45) is 0. The van der Waals surface area contributed by atoms with Crippen LogP contribution in [0.2, 0.25) is 5.28 Å². The van der Waals surface area contributed by atoms with Crippen molar-refractivity contribution in [3.05, 3.63) is 35.1 Å². The number of hydrogen-bond acceptors (Lipinski definition) is 6. The Morgan fingerprint density at radius 2 is 1.84 bits per heavy atom. The molecular formula is C12H9ClN4O2. The van der Waals surface area contributed by atoms with E-state index in [1.807, 2.05) is 6.07 Å². The summed E-state index contributed by atoms with van der Waals surface area (Å²) in [4.78, 5) is 11.6. The summed E-state index contributed by atoms with van der Waals surface area (Å²) in [6.45, 7) is 2.22. The largest absolute Gasteiger partial charge is 0.464 e. The summed E-state index contributed by atoms with van der Waals surface area (Å²) in [5, 5.41) is 8.68. The lowest BCUT2D eigenvalue weighted by atomic mass is 10.2. The van der Waals surface area contributed by atoms with Crippen molar-refractivity contribution in [2.24, 2.45) is 0 Å². The zero-order valence-electron chi connectivity index (χ0n) is 10.00. The molecule has 0 fully saturated rings. The molecule has 0 spiro atoms. The van der Waals surface area contributed by atoms with E-state index in [0.717, 1.165) is 0 Å². The average molecular weight is 277 g/mol. The number of nitriles is 1. The predicted octanol–water partition coefficient (Wildman–Crippen LogP) is 2.59. The molecule has 1 aromatic carbocycles. The van der Waals surface area contributed by atoms with Gasteiger partial charge in [0, 0.05) is 0 Å². The number of aromatic nitrogens is 3. The van der Waals surface area contributed by atoms with E-state index >= 15 is 0 Å². The van der Waals surface area contributed by atoms with Gasteiger partial charge in [0.15, 0.2) is 0 Å². The number of rotatable bonds is 4. The topological polar surface area (TPSA) is 80.9 Å². The van der Waals surface area contributed by atoms with Gasteiger partial charge in [-0.05, 0) is 42.8 Å². The van der Waals surface area contributed by atoms with Gasteiger partial charge in [-0.25, -0.2) is 0 Å². The highest BCUT2D eigenvalue weighted by Crippen LogP contribution is 2.20. The van der Waals surface area contributed by atoms with Crippen LogP contribution in [0.3, 0.4) is 0 Å². The average Bonchev–Trinajstić information content (AvgIpc) is 2.39. The van der Waals surface area contributed by atoms with Gasteiger partial charge < -0.3 is 9.47 Å². The van der Waals surface area contributed by atoms with Crippen molar-refractivity contribution in [1.82, 2.24) is 15.0 Å². The molecule has 0 aliphatic heterocycles. The van der Waals surface area contributed by atoms with Crippen LogP contribution in [0.15, 0.2) is 24.3 Å². The van der Waals surface area contributed by atoms with Crippen molar-refractivity contribution < 1.29 is 9.47 Å². The molecule has 7 heteroatoms. The van der Waals surface area contributed by atoms with Crippen molar-refractivity contribution >= 4 is 11.6 Å². The third kappa shape index (κ3) is 3.53. The number of ether oxygens (including phenoxy) is 2. The highest BCUT2D eigenvalue weighted by Gasteiger charge is 2.07. The summed E-state index contributed by atoms with van der Waals surface area (Å²) in [5.41, 5.74) is 0.538. The van der Waals surface area contributed by atoms with Crippen molar-refractivity contribution in [1.29, 1.82) is 5.26 Å². The Balaban J connectivity index is 2.20. The Kier molecular flexibility index (Phi) is 4.11. The predicted molar refractivity (Wildman–Crippen MR) is 67.2 cm³/mol. The van der Waals surface area contributed by atoms with Crippen LogP contribution in [0.5, 0.6) is 17.8 Å². The van der Waals surface area contributed by atoms with Crippen LogP contribution in [0.4, 0.5) is 0 Å². The third-order valence-corrected chi connectivity index (χ3v) is 2.20. The Bertz CT molecular complexity index is 610. The molecule has 2 aromatic rings. The Hall–Kier alpha value is -2.39. The molecule has 0 radical (unpaired) electrons. The Labute approximate surface area is 114 Å². The molecule has 0 amide bonds. The normalized spacial score (nSPS) is 9.74. The summed E-state index contributed by atoms with van der Waals surface area (Å²) in [5.74, 6) is 0.490. The molecule has 19 heavy (non-hydrogen) atoms. The molecule has 0 N–H and O–H groups in total. The van der Waals surface area contributed by atoms with Crippen molar-refractivity contribution in [2.45, 2.75) is 6.92 Å². The van der Waals surface area contributed by atoms with Gasteiger partial charge in [0.2, 0.25) is 5.28 Å². The second-order valence-electron chi connectivity index (χ2n) is 3.34. The first kappa shape index (κ1) is 13.1. The lowest BCUT2D eigenvalue weighted by molar-refractivity contribution is 0.303. The molecule has 0 aliphatic carbocycles. The van der Waals surface area contributed by atoms with E-state index in [9.17, 15) is 0 Å². The number of halogens is 1. The van der Waals surface area contributed by atoms with Gasteiger partial charge in [0.25, 0.3) is 0 Å². The van der Waals surface area contributed by atoms with Crippen LogP contribution in [0, 0.1) is 11.3 Å². The van der Waals surface area contributed by atoms with E-state index in [-0.39, 0.29) is 17.3 Å². The molecule has 1 aromatic heterocycles. The first-order chi connectivity index (χ1) is 9.21. The van der Waals surface area contributed by atoms with Crippen LogP contribution >= 0.6 is 11.6 Å². The fourth-order valence-corrected chi connectivity index (χ4v) is 1.40. The second-order valence-corrected chi connectivity index (χ2v) is 3.68. The van der Waals surface area contributed by atoms with Gasteiger partial charge >= 0.3 is 12.0 Å². The SMILES string of the molecule is CCOc1nc(Cl)nc(Oc2ccc(C#N)cc2)n1. The lowest BCUT2D eigenvalue weighted by Crippen LogP contribution is -2.01. The minimum absolute atomic E-state index is 0.0119. The summed E-state index contributed by atoms with van der Waals surface area (Å²) >= 11 is 5.73. The van der Waals surface area contributed by atoms with Crippen molar-refractivity contribution in [2.75, 3.05) is 6.61 Å². The molecule has 2 rings (SSSR count). The second kappa shape index (κ2) is 5.98. The first-order valence-corrected chi connectivity index (χ1v) is 5.81. The molecule has 1 heterocycles. The van der Waals surface area contributed by atoms with E-state index in [1.54, 1.807) is 31.2 Å². The molecule has 0 unspecified atom stereocenters. The van der Waals surface area contributed by atoms with E-state index < -0.39 is 0 Å². The van der Waals surface area contributed by atoms with Crippen molar-refractivity contribution in [3.8, 4) is 23.8 Å². The van der Waals surface area contributed by atoms with Crippen LogP contribution in [-0.4, -0.2) is 21.6 Å². The monoisotopic (exact) mass is 276 g/mol. The number of nitrogens with zero attached hydrogens (tertiary/aromatic N) is 4. The van der Waals surface area contributed by atoms with E-state index in [0.29, 0.717) is 17.9 Å². The van der Waals surface area contributed by atoms with Crippen molar-refractivity contribution in [3.63, 3.8) is 0 Å². The molecule has 0 saturated heterocycles. The zero-order chi connectivity index (χ0) is 13.7. The van der Waals surface area contributed by atoms with Gasteiger partial charge in [-0.15, -0.1) is 4.98 Å². The summed E-state index contributed by atoms with van der Waals surface area (Å²) in [7, 11) is 0. The van der Waals surface area contributed by atoms with Crippen LogP contribution in [0.1, 0.15) is 12.5 Å². The standard InChI is InChI=1S/C12H9ClN4O2/c1-2-18-11-15-10(13)16-12(17-11)19-9-5-3-8(7-14)4-6-9/h3-6H,2H2,1H3. The van der Waals surface area contributed by atoms with E-state index in [1.165, 1.54) is 0 Å². The molecule has 0 bridgehead atoms. The molecule has 6 nitrogen and oxygen atoms in total. The Morgan fingerprint density at radius 1 is 1.16 bits per heavy atom. The third-order valence-electron chi connectivity index (χ3n) is 2.03. The number of benzene rings is 1. The highest BCUT2D eigenvalue weighted by molar-refractivity contribution is 6.28. The van der Waals surface area contributed by atoms with E-state index in [4.69, 9.17) is 26.3 Å². The molecule has 0 atom stereocenters. The van der Waals surface area contributed by atoms with Crippen LogP contribution in [-0.2, 0) is 0 Å². The van der Waals surface area contributed by atoms with Gasteiger partial charge in [-0.2, -0.15) is 15.2 Å².